The number of aryl methyl sites for hydroxylation is 2. The first-order valence-corrected chi connectivity index (χ1v) is 11.6. The molecule has 0 aliphatic carbocycles. The molecule has 4 aromatic rings. The summed E-state index contributed by atoms with van der Waals surface area (Å²) in [7, 11) is 1.35. The van der Waals surface area contributed by atoms with Crippen LogP contribution in [0.25, 0.3) is 0 Å². The van der Waals surface area contributed by atoms with Crippen molar-refractivity contribution in [1.29, 1.82) is 0 Å². The fourth-order valence-corrected chi connectivity index (χ4v) is 4.06. The van der Waals surface area contributed by atoms with Gasteiger partial charge in [-0.3, -0.25) is 9.48 Å². The van der Waals surface area contributed by atoms with Gasteiger partial charge in [-0.2, -0.15) is 5.10 Å². The summed E-state index contributed by atoms with van der Waals surface area (Å²) in [5, 5.41) is 8.08. The molecule has 0 fully saturated rings. The maximum absolute atomic E-state index is 12.9. The highest BCUT2D eigenvalue weighted by atomic mass is 35.5. The van der Waals surface area contributed by atoms with Crippen LogP contribution in [-0.4, -0.2) is 28.8 Å². The summed E-state index contributed by atoms with van der Waals surface area (Å²) in [6, 6.07) is 15.9. The van der Waals surface area contributed by atoms with Crippen molar-refractivity contribution in [3.05, 3.63) is 99.2 Å². The fourth-order valence-electron chi connectivity index (χ4n) is 3.84. The van der Waals surface area contributed by atoms with E-state index in [0.717, 1.165) is 16.8 Å². The number of nitrogens with zero attached hydrogens (tertiary/aromatic N) is 2. The van der Waals surface area contributed by atoms with Gasteiger partial charge in [0.1, 0.15) is 18.1 Å². The minimum Gasteiger partial charge on any atom is -0.485 e. The number of carbonyl (C=O) groups is 2. The van der Waals surface area contributed by atoms with E-state index < -0.39 is 11.9 Å². The van der Waals surface area contributed by atoms with Crippen LogP contribution in [-0.2, 0) is 17.9 Å². The Labute approximate surface area is 213 Å². The third-order valence-corrected chi connectivity index (χ3v) is 5.99. The molecule has 1 N–H and O–H groups in total. The number of nitrogens with one attached hydrogen (secondary N) is 1. The van der Waals surface area contributed by atoms with E-state index in [9.17, 15) is 9.59 Å². The third kappa shape index (κ3) is 5.44. The minimum absolute atomic E-state index is 0.156. The van der Waals surface area contributed by atoms with E-state index in [4.69, 9.17) is 25.5 Å². The van der Waals surface area contributed by atoms with Crippen molar-refractivity contribution in [3.8, 4) is 5.75 Å². The summed E-state index contributed by atoms with van der Waals surface area (Å²) in [4.78, 5) is 25.0. The number of anilines is 1. The van der Waals surface area contributed by atoms with E-state index in [1.54, 1.807) is 48.0 Å². The molecule has 0 unspecified atom stereocenters. The van der Waals surface area contributed by atoms with Crippen molar-refractivity contribution in [3.63, 3.8) is 0 Å². The topological polar surface area (TPSA) is 95.6 Å². The average Bonchev–Trinajstić information content (AvgIpc) is 3.44. The summed E-state index contributed by atoms with van der Waals surface area (Å²) in [6.45, 7) is 6.08. The largest absolute Gasteiger partial charge is 0.485 e. The second-order valence-corrected chi connectivity index (χ2v) is 8.71. The Morgan fingerprint density at radius 2 is 1.86 bits per heavy atom. The average molecular weight is 508 g/mol. The highest BCUT2D eigenvalue weighted by Crippen LogP contribution is 2.25. The smallest absolute Gasteiger partial charge is 0.338 e. The predicted molar refractivity (Wildman–Crippen MR) is 136 cm³/mol. The number of benzene rings is 2. The Kier molecular flexibility index (Phi) is 7.45. The van der Waals surface area contributed by atoms with Gasteiger partial charge in [0.15, 0.2) is 5.76 Å². The highest BCUT2D eigenvalue weighted by molar-refractivity contribution is 6.30. The van der Waals surface area contributed by atoms with Crippen LogP contribution in [0, 0.1) is 20.8 Å². The summed E-state index contributed by atoms with van der Waals surface area (Å²) in [5.74, 6) is 0.547. The van der Waals surface area contributed by atoms with E-state index in [-0.39, 0.29) is 12.4 Å². The molecule has 0 aliphatic rings. The number of hydrogen-bond donors (Lipinski definition) is 1. The number of rotatable bonds is 8. The third-order valence-electron chi connectivity index (χ3n) is 5.76. The van der Waals surface area contributed by atoms with E-state index >= 15 is 0 Å². The second-order valence-electron chi connectivity index (χ2n) is 8.27. The molecular formula is C27H26ClN3O5. The molecule has 2 aromatic carbocycles. The normalized spacial score (nSPS) is 10.8. The first-order chi connectivity index (χ1) is 17.3. The van der Waals surface area contributed by atoms with Crippen molar-refractivity contribution in [1.82, 2.24) is 9.78 Å². The van der Waals surface area contributed by atoms with Gasteiger partial charge in [-0.05, 0) is 68.3 Å². The van der Waals surface area contributed by atoms with Crippen LogP contribution in [0.1, 0.15) is 49.2 Å². The molecule has 4 rings (SSSR count). The predicted octanol–water partition coefficient (Wildman–Crippen LogP) is 5.72. The Hall–Kier alpha value is -4.04. The molecule has 9 heteroatoms. The molecular weight excluding hydrogens is 482 g/mol. The lowest BCUT2D eigenvalue weighted by Crippen LogP contribution is -2.13. The van der Waals surface area contributed by atoms with Crippen LogP contribution in [0.2, 0.25) is 5.02 Å². The molecule has 0 spiro atoms. The van der Waals surface area contributed by atoms with Crippen LogP contribution in [0.5, 0.6) is 5.75 Å². The van der Waals surface area contributed by atoms with Crippen molar-refractivity contribution < 1.29 is 23.5 Å². The number of ether oxygens (including phenoxy) is 2. The molecule has 36 heavy (non-hydrogen) atoms. The summed E-state index contributed by atoms with van der Waals surface area (Å²) in [5.41, 5.74) is 4.11. The highest BCUT2D eigenvalue weighted by Gasteiger charge is 2.19. The van der Waals surface area contributed by atoms with Gasteiger partial charge >= 0.3 is 5.97 Å². The number of aromatic nitrogens is 2. The van der Waals surface area contributed by atoms with Gasteiger partial charge in [-0.15, -0.1) is 0 Å². The lowest BCUT2D eigenvalue weighted by atomic mass is 10.1. The monoisotopic (exact) mass is 507 g/mol. The van der Waals surface area contributed by atoms with E-state index in [2.05, 4.69) is 10.4 Å². The van der Waals surface area contributed by atoms with Crippen LogP contribution in [0.15, 0.2) is 59.0 Å². The number of amides is 1. The van der Waals surface area contributed by atoms with Crippen LogP contribution in [0.3, 0.4) is 0 Å². The molecule has 0 radical (unpaired) electrons. The Morgan fingerprint density at radius 3 is 2.61 bits per heavy atom. The first kappa shape index (κ1) is 25.1. The number of methoxy groups -OCH3 is 1. The molecule has 2 aromatic heterocycles. The standard InChI is InChI=1S/C27H26ClN3O5/c1-16-13-20(28)9-11-23(16)35-15-21-10-12-24(36-21)26(32)29-25-17(2)30-31(18(25)3)14-19-7-5-6-8-22(19)27(33)34-4/h5-13H,14-15H2,1-4H3,(H,29,32). The van der Waals surface area contributed by atoms with Gasteiger partial charge in [0.05, 0.1) is 36.3 Å². The number of esters is 1. The van der Waals surface area contributed by atoms with Crippen LogP contribution < -0.4 is 10.1 Å². The van der Waals surface area contributed by atoms with Crippen molar-refractivity contribution in [2.24, 2.45) is 0 Å². The lowest BCUT2D eigenvalue weighted by molar-refractivity contribution is 0.0599. The van der Waals surface area contributed by atoms with Crippen molar-refractivity contribution in [2.45, 2.75) is 33.9 Å². The second kappa shape index (κ2) is 10.7. The summed E-state index contributed by atoms with van der Waals surface area (Å²) < 4.78 is 18.1. The number of furan rings is 1. The molecule has 0 saturated heterocycles. The van der Waals surface area contributed by atoms with Gasteiger partial charge in [0, 0.05) is 5.02 Å². The van der Waals surface area contributed by atoms with Gasteiger partial charge in [-0.25, -0.2) is 4.79 Å². The quantitative estimate of drug-likeness (QED) is 0.306. The van der Waals surface area contributed by atoms with Gasteiger partial charge in [0.2, 0.25) is 0 Å². The number of hydrogen-bond acceptors (Lipinski definition) is 6. The molecule has 0 atom stereocenters. The van der Waals surface area contributed by atoms with Crippen LogP contribution >= 0.6 is 11.6 Å². The summed E-state index contributed by atoms with van der Waals surface area (Å²) in [6.07, 6.45) is 0. The van der Waals surface area contributed by atoms with Gasteiger partial charge in [-0.1, -0.05) is 29.8 Å². The zero-order chi connectivity index (χ0) is 25.8. The molecule has 2 heterocycles. The zero-order valence-corrected chi connectivity index (χ0v) is 21.2. The Balaban J connectivity index is 1.45. The molecule has 0 saturated carbocycles. The first-order valence-electron chi connectivity index (χ1n) is 11.3. The van der Waals surface area contributed by atoms with Crippen molar-refractivity contribution >= 4 is 29.2 Å². The van der Waals surface area contributed by atoms with E-state index in [1.807, 2.05) is 32.0 Å². The minimum atomic E-state index is -0.413. The van der Waals surface area contributed by atoms with E-state index in [1.165, 1.54) is 7.11 Å². The summed E-state index contributed by atoms with van der Waals surface area (Å²) >= 11 is 5.99. The van der Waals surface area contributed by atoms with Crippen molar-refractivity contribution in [2.75, 3.05) is 12.4 Å². The SMILES string of the molecule is COC(=O)c1ccccc1Cn1nc(C)c(NC(=O)c2ccc(COc3ccc(Cl)cc3C)o2)c1C. The molecule has 0 bridgehead atoms. The Bertz CT molecular complexity index is 1420. The maximum Gasteiger partial charge on any atom is 0.338 e. The molecule has 0 aliphatic heterocycles. The Morgan fingerprint density at radius 1 is 1.08 bits per heavy atom. The maximum atomic E-state index is 12.9. The molecule has 1 amide bonds. The fraction of sp³-hybridized carbons (Fsp3) is 0.222. The van der Waals surface area contributed by atoms with Gasteiger partial charge < -0.3 is 19.2 Å². The van der Waals surface area contributed by atoms with Gasteiger partial charge in [0.25, 0.3) is 5.91 Å². The lowest BCUT2D eigenvalue weighted by Gasteiger charge is -2.10. The zero-order valence-electron chi connectivity index (χ0n) is 20.4. The number of carbonyl (C=O) groups excluding carboxylic acids is 2. The van der Waals surface area contributed by atoms with Crippen LogP contribution in [0.4, 0.5) is 5.69 Å². The molecule has 8 nitrogen and oxygen atoms in total. The molecule has 186 valence electrons. The van der Waals surface area contributed by atoms with E-state index in [0.29, 0.717) is 40.0 Å². The number of halogens is 1.